The molecule has 0 N–H and O–H groups in total. The van der Waals surface area contributed by atoms with E-state index in [0.29, 0.717) is 24.0 Å². The Morgan fingerprint density at radius 3 is 2.29 bits per heavy atom. The zero-order chi connectivity index (χ0) is 20.7. The van der Waals surface area contributed by atoms with E-state index in [1.165, 1.54) is 38.5 Å². The number of esters is 1. The fraction of sp³-hybridized carbons (Fsp3) is 0.333. The van der Waals surface area contributed by atoms with Crippen LogP contribution < -0.4 is 14.2 Å². The molecule has 2 rings (SSSR count). The van der Waals surface area contributed by atoms with Crippen molar-refractivity contribution in [2.24, 2.45) is 5.92 Å². The lowest BCUT2D eigenvalue weighted by atomic mass is 10.1. The number of methoxy groups -OCH3 is 2. The minimum Gasteiger partial charge on any atom is -0.496 e. The third kappa shape index (κ3) is 5.45. The third-order valence-corrected chi connectivity index (χ3v) is 3.77. The lowest BCUT2D eigenvalue weighted by Crippen LogP contribution is -2.15. The van der Waals surface area contributed by atoms with Gasteiger partial charge in [-0.05, 0) is 42.3 Å². The SMILES string of the molecule is COc1cc(C(=O)OCC(=O)c2cc(F)ccc2OC)ccc1OCC(C)C. The van der Waals surface area contributed by atoms with E-state index < -0.39 is 24.2 Å². The van der Waals surface area contributed by atoms with E-state index in [1.807, 2.05) is 13.8 Å². The van der Waals surface area contributed by atoms with Crippen molar-refractivity contribution in [3.05, 3.63) is 53.3 Å². The van der Waals surface area contributed by atoms with Crippen LogP contribution in [-0.2, 0) is 4.74 Å². The summed E-state index contributed by atoms with van der Waals surface area (Å²) in [5, 5.41) is 0. The Balaban J connectivity index is 2.06. The van der Waals surface area contributed by atoms with Crippen LogP contribution in [0.15, 0.2) is 36.4 Å². The summed E-state index contributed by atoms with van der Waals surface area (Å²) in [7, 11) is 2.83. The topological polar surface area (TPSA) is 71.1 Å². The molecule has 0 aliphatic heterocycles. The first-order valence-corrected chi connectivity index (χ1v) is 8.70. The van der Waals surface area contributed by atoms with Crippen molar-refractivity contribution < 1.29 is 32.9 Å². The van der Waals surface area contributed by atoms with E-state index in [9.17, 15) is 14.0 Å². The highest BCUT2D eigenvalue weighted by atomic mass is 19.1. The molecule has 2 aromatic carbocycles. The van der Waals surface area contributed by atoms with Crippen molar-refractivity contribution >= 4 is 11.8 Å². The molecule has 28 heavy (non-hydrogen) atoms. The molecule has 0 aliphatic rings. The minimum absolute atomic E-state index is 0.00492. The molecule has 0 saturated carbocycles. The molecule has 0 amide bonds. The van der Waals surface area contributed by atoms with Gasteiger partial charge in [-0.1, -0.05) is 13.8 Å². The molecule has 2 aromatic rings. The molecular weight excluding hydrogens is 367 g/mol. The quantitative estimate of drug-likeness (QED) is 0.477. The molecule has 0 unspecified atom stereocenters. The maximum atomic E-state index is 13.4. The fourth-order valence-corrected chi connectivity index (χ4v) is 2.36. The van der Waals surface area contributed by atoms with Gasteiger partial charge in [-0.2, -0.15) is 0 Å². The molecule has 0 heterocycles. The van der Waals surface area contributed by atoms with Gasteiger partial charge in [0.2, 0.25) is 5.78 Å². The Labute approximate surface area is 163 Å². The lowest BCUT2D eigenvalue weighted by Gasteiger charge is -2.13. The van der Waals surface area contributed by atoms with Gasteiger partial charge in [0.25, 0.3) is 0 Å². The van der Waals surface area contributed by atoms with Gasteiger partial charge in [0.05, 0.1) is 32.0 Å². The van der Waals surface area contributed by atoms with Crippen LogP contribution in [0.1, 0.15) is 34.6 Å². The highest BCUT2D eigenvalue weighted by Gasteiger charge is 2.18. The maximum absolute atomic E-state index is 13.4. The van der Waals surface area contributed by atoms with Crippen molar-refractivity contribution in [3.8, 4) is 17.2 Å². The second-order valence-electron chi connectivity index (χ2n) is 6.41. The number of carbonyl (C=O) groups is 2. The third-order valence-electron chi connectivity index (χ3n) is 3.77. The van der Waals surface area contributed by atoms with Crippen LogP contribution >= 0.6 is 0 Å². The molecule has 150 valence electrons. The summed E-state index contributed by atoms with van der Waals surface area (Å²) in [6, 6.07) is 8.16. The van der Waals surface area contributed by atoms with E-state index >= 15 is 0 Å². The minimum atomic E-state index is -0.711. The molecular formula is C21H23FO6. The molecule has 0 aliphatic carbocycles. The Morgan fingerprint density at radius 2 is 1.64 bits per heavy atom. The number of halogens is 1. The lowest BCUT2D eigenvalue weighted by molar-refractivity contribution is 0.0473. The van der Waals surface area contributed by atoms with Gasteiger partial charge in [0.15, 0.2) is 18.1 Å². The maximum Gasteiger partial charge on any atom is 0.338 e. The number of rotatable bonds is 9. The van der Waals surface area contributed by atoms with Crippen LogP contribution in [0, 0.1) is 11.7 Å². The van der Waals surface area contributed by atoms with Gasteiger partial charge in [0, 0.05) is 0 Å². The summed E-state index contributed by atoms with van der Waals surface area (Å²) >= 11 is 0. The summed E-state index contributed by atoms with van der Waals surface area (Å²) in [6.45, 7) is 3.99. The predicted octanol–water partition coefficient (Wildman–Crippen LogP) is 3.92. The molecule has 0 atom stereocenters. The Hall–Kier alpha value is -3.09. The van der Waals surface area contributed by atoms with Crippen LogP contribution in [0.3, 0.4) is 0 Å². The van der Waals surface area contributed by atoms with E-state index in [1.54, 1.807) is 6.07 Å². The normalized spacial score (nSPS) is 10.5. The average Bonchev–Trinajstić information content (AvgIpc) is 2.69. The first-order valence-electron chi connectivity index (χ1n) is 8.70. The van der Waals surface area contributed by atoms with E-state index in [0.717, 1.165) is 6.07 Å². The van der Waals surface area contributed by atoms with Gasteiger partial charge >= 0.3 is 5.97 Å². The first-order chi connectivity index (χ1) is 13.3. The van der Waals surface area contributed by atoms with Crippen molar-refractivity contribution in [2.75, 3.05) is 27.4 Å². The van der Waals surface area contributed by atoms with Gasteiger partial charge in [-0.15, -0.1) is 0 Å². The fourth-order valence-electron chi connectivity index (χ4n) is 2.36. The average molecular weight is 390 g/mol. The smallest absolute Gasteiger partial charge is 0.338 e. The molecule has 0 fully saturated rings. The largest absolute Gasteiger partial charge is 0.496 e. The molecule has 0 radical (unpaired) electrons. The van der Waals surface area contributed by atoms with Crippen LogP contribution in [0.2, 0.25) is 0 Å². The van der Waals surface area contributed by atoms with Gasteiger partial charge < -0.3 is 18.9 Å². The first kappa shape index (κ1) is 21.2. The number of ether oxygens (including phenoxy) is 4. The van der Waals surface area contributed by atoms with Crippen LogP contribution in [0.25, 0.3) is 0 Å². The summed E-state index contributed by atoms with van der Waals surface area (Å²) in [6.07, 6.45) is 0. The summed E-state index contributed by atoms with van der Waals surface area (Å²) < 4.78 is 34.4. The monoisotopic (exact) mass is 390 g/mol. The van der Waals surface area contributed by atoms with Crippen LogP contribution in [0.4, 0.5) is 4.39 Å². The highest BCUT2D eigenvalue weighted by molar-refractivity contribution is 6.01. The second-order valence-corrected chi connectivity index (χ2v) is 6.41. The summed E-state index contributed by atoms with van der Waals surface area (Å²) in [5.41, 5.74) is 0.207. The molecule has 6 nitrogen and oxygen atoms in total. The van der Waals surface area contributed by atoms with Crippen molar-refractivity contribution in [3.63, 3.8) is 0 Å². The number of carbonyl (C=O) groups excluding carboxylic acids is 2. The molecule has 0 aromatic heterocycles. The van der Waals surface area contributed by atoms with Crippen molar-refractivity contribution in [1.29, 1.82) is 0 Å². The van der Waals surface area contributed by atoms with E-state index in [4.69, 9.17) is 18.9 Å². The Morgan fingerprint density at radius 1 is 0.964 bits per heavy atom. The van der Waals surface area contributed by atoms with Gasteiger partial charge in [-0.25, -0.2) is 9.18 Å². The van der Waals surface area contributed by atoms with E-state index in [2.05, 4.69) is 0 Å². The molecule has 0 bridgehead atoms. The second kappa shape index (κ2) is 9.73. The zero-order valence-electron chi connectivity index (χ0n) is 16.3. The van der Waals surface area contributed by atoms with Crippen molar-refractivity contribution in [2.45, 2.75) is 13.8 Å². The van der Waals surface area contributed by atoms with Crippen LogP contribution in [-0.4, -0.2) is 39.2 Å². The van der Waals surface area contributed by atoms with E-state index in [-0.39, 0.29) is 16.9 Å². The standard InChI is InChI=1S/C21H23FO6/c1-13(2)11-27-19-7-5-14(9-20(19)26-4)21(24)28-12-17(23)16-10-15(22)6-8-18(16)25-3/h5-10,13H,11-12H2,1-4H3. The van der Waals surface area contributed by atoms with Crippen molar-refractivity contribution in [1.82, 2.24) is 0 Å². The van der Waals surface area contributed by atoms with Gasteiger partial charge in [-0.3, -0.25) is 4.79 Å². The van der Waals surface area contributed by atoms with Crippen LogP contribution in [0.5, 0.6) is 17.2 Å². The Bertz CT molecular complexity index is 847. The molecule has 0 saturated heterocycles. The number of hydrogen-bond donors (Lipinski definition) is 0. The highest BCUT2D eigenvalue weighted by Crippen LogP contribution is 2.29. The summed E-state index contributed by atoms with van der Waals surface area (Å²) in [4.78, 5) is 24.5. The summed E-state index contributed by atoms with van der Waals surface area (Å²) in [5.74, 6) is -0.444. The number of Topliss-reactive ketones (excluding diaryl/α,β-unsaturated/α-hetero) is 1. The van der Waals surface area contributed by atoms with Gasteiger partial charge in [0.1, 0.15) is 11.6 Å². The number of ketones is 1. The number of benzene rings is 2. The predicted molar refractivity (Wildman–Crippen MR) is 101 cm³/mol. The molecule has 0 spiro atoms. The molecule has 7 heteroatoms. The Kier molecular flexibility index (Phi) is 7.37. The zero-order valence-corrected chi connectivity index (χ0v) is 16.3. The number of hydrogen-bond acceptors (Lipinski definition) is 6.